The molecule has 66 valence electrons. The van der Waals surface area contributed by atoms with Crippen molar-refractivity contribution in [1.29, 1.82) is 0 Å². The van der Waals surface area contributed by atoms with Crippen LogP contribution in [0.2, 0.25) is 0 Å². The van der Waals surface area contributed by atoms with Gasteiger partial charge in [0.1, 0.15) is 0 Å². The number of anilines is 1. The minimum Gasteiger partial charge on any atom is -0.362 e. The summed E-state index contributed by atoms with van der Waals surface area (Å²) in [5.74, 6) is -1.70. The van der Waals surface area contributed by atoms with Crippen LogP contribution in [0.15, 0.2) is 18.2 Å². The van der Waals surface area contributed by atoms with E-state index in [-0.39, 0.29) is 6.67 Å². The fourth-order valence-electron chi connectivity index (χ4n) is 0.828. The Kier molecular flexibility index (Phi) is 2.60. The van der Waals surface area contributed by atoms with E-state index in [1.807, 2.05) is 0 Å². The molecule has 0 atom stereocenters. The van der Waals surface area contributed by atoms with Crippen LogP contribution in [0.1, 0.15) is 0 Å². The average Bonchev–Trinajstić information content (AvgIpc) is 2.08. The van der Waals surface area contributed by atoms with Crippen molar-refractivity contribution in [3.63, 3.8) is 0 Å². The normalized spacial score (nSPS) is 10.0. The Morgan fingerprint density at radius 2 is 2.00 bits per heavy atom. The van der Waals surface area contributed by atoms with Gasteiger partial charge in [0.2, 0.25) is 0 Å². The molecule has 0 amide bonds. The lowest BCUT2D eigenvalue weighted by atomic mass is 10.3. The SMILES string of the molecule is CN(CN)c1ccc(F)c(F)c1. The lowest BCUT2D eigenvalue weighted by molar-refractivity contribution is 0.508. The summed E-state index contributed by atoms with van der Waals surface area (Å²) in [6, 6.07) is 3.67. The van der Waals surface area contributed by atoms with Gasteiger partial charge in [-0.2, -0.15) is 0 Å². The molecular weight excluding hydrogens is 162 g/mol. The first-order valence-electron chi connectivity index (χ1n) is 3.51. The Bertz CT molecular complexity index is 276. The maximum Gasteiger partial charge on any atom is 0.160 e. The average molecular weight is 172 g/mol. The first-order valence-corrected chi connectivity index (χ1v) is 3.51. The van der Waals surface area contributed by atoms with Crippen LogP contribution < -0.4 is 10.6 Å². The minimum atomic E-state index is -0.854. The van der Waals surface area contributed by atoms with Gasteiger partial charge in [0.05, 0.1) is 6.67 Å². The molecule has 0 aliphatic rings. The fourth-order valence-corrected chi connectivity index (χ4v) is 0.828. The summed E-state index contributed by atoms with van der Waals surface area (Å²) in [6.45, 7) is 0.269. The van der Waals surface area contributed by atoms with Crippen LogP contribution in [-0.4, -0.2) is 13.7 Å². The van der Waals surface area contributed by atoms with E-state index in [2.05, 4.69) is 0 Å². The number of nitrogens with two attached hydrogens (primary N) is 1. The van der Waals surface area contributed by atoms with Gasteiger partial charge in [0.15, 0.2) is 11.6 Å². The van der Waals surface area contributed by atoms with Gasteiger partial charge in [-0.3, -0.25) is 0 Å². The highest BCUT2D eigenvalue weighted by atomic mass is 19.2. The molecule has 0 heterocycles. The van der Waals surface area contributed by atoms with Crippen molar-refractivity contribution in [3.8, 4) is 0 Å². The van der Waals surface area contributed by atoms with Crippen molar-refractivity contribution in [2.24, 2.45) is 5.73 Å². The van der Waals surface area contributed by atoms with Gasteiger partial charge in [-0.1, -0.05) is 0 Å². The number of halogens is 2. The molecule has 1 rings (SSSR count). The van der Waals surface area contributed by atoms with Crippen LogP contribution in [0, 0.1) is 11.6 Å². The van der Waals surface area contributed by atoms with E-state index in [0.717, 1.165) is 12.1 Å². The molecule has 0 fully saturated rings. The first-order chi connectivity index (χ1) is 5.65. The fraction of sp³-hybridized carbons (Fsp3) is 0.250. The third kappa shape index (κ3) is 1.71. The van der Waals surface area contributed by atoms with E-state index >= 15 is 0 Å². The van der Waals surface area contributed by atoms with Gasteiger partial charge in [-0.15, -0.1) is 0 Å². The highest BCUT2D eigenvalue weighted by Gasteiger charge is 2.04. The van der Waals surface area contributed by atoms with Crippen LogP contribution in [0.5, 0.6) is 0 Å². The quantitative estimate of drug-likeness (QED) is 0.681. The molecule has 2 nitrogen and oxygen atoms in total. The predicted molar refractivity (Wildman–Crippen MR) is 43.8 cm³/mol. The Labute approximate surface area is 69.6 Å². The summed E-state index contributed by atoms with van der Waals surface area (Å²) in [5, 5.41) is 0. The Hall–Kier alpha value is -1.16. The Morgan fingerprint density at radius 1 is 1.33 bits per heavy atom. The van der Waals surface area contributed by atoms with Crippen molar-refractivity contribution in [2.45, 2.75) is 0 Å². The standard InChI is InChI=1S/C8H10F2N2/c1-12(5-11)6-2-3-7(9)8(10)4-6/h2-4H,5,11H2,1H3. The molecule has 4 heteroatoms. The zero-order valence-electron chi connectivity index (χ0n) is 6.72. The van der Waals surface area contributed by atoms with Crippen LogP contribution in [0.3, 0.4) is 0 Å². The van der Waals surface area contributed by atoms with Crippen molar-refractivity contribution < 1.29 is 8.78 Å². The largest absolute Gasteiger partial charge is 0.362 e. The number of hydrogen-bond acceptors (Lipinski definition) is 2. The first kappa shape index (κ1) is 8.93. The molecule has 12 heavy (non-hydrogen) atoms. The summed E-state index contributed by atoms with van der Waals surface area (Å²) in [5.41, 5.74) is 5.87. The minimum absolute atomic E-state index is 0.269. The lowest BCUT2D eigenvalue weighted by Crippen LogP contribution is -2.25. The second-order valence-electron chi connectivity index (χ2n) is 2.48. The van der Waals surface area contributed by atoms with Gasteiger partial charge < -0.3 is 10.6 Å². The summed E-state index contributed by atoms with van der Waals surface area (Å²) < 4.78 is 25.1. The maximum absolute atomic E-state index is 12.6. The monoisotopic (exact) mass is 172 g/mol. The second kappa shape index (κ2) is 3.49. The molecule has 0 aliphatic carbocycles. The molecule has 1 aromatic rings. The van der Waals surface area contributed by atoms with E-state index in [0.29, 0.717) is 5.69 Å². The smallest absolute Gasteiger partial charge is 0.160 e. The zero-order valence-corrected chi connectivity index (χ0v) is 6.72. The van der Waals surface area contributed by atoms with Gasteiger partial charge in [-0.25, -0.2) is 8.78 Å². The Balaban J connectivity index is 2.96. The van der Waals surface area contributed by atoms with Crippen molar-refractivity contribution in [1.82, 2.24) is 0 Å². The highest BCUT2D eigenvalue weighted by molar-refractivity contribution is 5.45. The van der Waals surface area contributed by atoms with Gasteiger partial charge in [-0.05, 0) is 12.1 Å². The molecule has 0 aliphatic heterocycles. The predicted octanol–water partition coefficient (Wildman–Crippen LogP) is 1.32. The Morgan fingerprint density at radius 3 is 2.50 bits per heavy atom. The molecule has 0 saturated carbocycles. The summed E-state index contributed by atoms with van der Waals surface area (Å²) in [7, 11) is 1.70. The van der Waals surface area contributed by atoms with Crippen molar-refractivity contribution in [2.75, 3.05) is 18.6 Å². The number of nitrogens with zero attached hydrogens (tertiary/aromatic N) is 1. The molecule has 0 bridgehead atoms. The van der Waals surface area contributed by atoms with Crippen LogP contribution in [-0.2, 0) is 0 Å². The van der Waals surface area contributed by atoms with Gasteiger partial charge in [0.25, 0.3) is 0 Å². The van der Waals surface area contributed by atoms with Crippen LogP contribution in [0.25, 0.3) is 0 Å². The molecule has 0 spiro atoms. The summed E-state index contributed by atoms with van der Waals surface area (Å²) >= 11 is 0. The van der Waals surface area contributed by atoms with Gasteiger partial charge >= 0.3 is 0 Å². The molecule has 0 unspecified atom stereocenters. The molecule has 0 radical (unpaired) electrons. The molecule has 1 aromatic carbocycles. The molecular formula is C8H10F2N2. The molecule has 0 saturated heterocycles. The number of rotatable bonds is 2. The third-order valence-electron chi connectivity index (χ3n) is 1.62. The lowest BCUT2D eigenvalue weighted by Gasteiger charge is -2.16. The van der Waals surface area contributed by atoms with Gasteiger partial charge in [0, 0.05) is 18.8 Å². The number of hydrogen-bond donors (Lipinski definition) is 1. The van der Waals surface area contributed by atoms with E-state index < -0.39 is 11.6 Å². The maximum atomic E-state index is 12.6. The van der Waals surface area contributed by atoms with E-state index in [4.69, 9.17) is 5.73 Å². The topological polar surface area (TPSA) is 29.3 Å². The van der Waals surface area contributed by atoms with Crippen molar-refractivity contribution >= 4 is 5.69 Å². The zero-order chi connectivity index (χ0) is 9.14. The summed E-state index contributed by atoms with van der Waals surface area (Å²) in [4.78, 5) is 1.61. The van der Waals surface area contributed by atoms with Crippen molar-refractivity contribution in [3.05, 3.63) is 29.8 Å². The molecule has 0 aromatic heterocycles. The summed E-state index contributed by atoms with van der Waals surface area (Å²) in [6.07, 6.45) is 0. The highest BCUT2D eigenvalue weighted by Crippen LogP contribution is 2.15. The third-order valence-corrected chi connectivity index (χ3v) is 1.62. The second-order valence-corrected chi connectivity index (χ2v) is 2.48. The van der Waals surface area contributed by atoms with Crippen LogP contribution in [0.4, 0.5) is 14.5 Å². The van der Waals surface area contributed by atoms with E-state index in [1.54, 1.807) is 11.9 Å². The molecule has 2 N–H and O–H groups in total. The van der Waals surface area contributed by atoms with Crippen LogP contribution >= 0.6 is 0 Å². The van der Waals surface area contributed by atoms with E-state index in [1.165, 1.54) is 6.07 Å². The number of benzene rings is 1. The van der Waals surface area contributed by atoms with E-state index in [9.17, 15) is 8.78 Å².